The Labute approximate surface area is 99.7 Å². The van der Waals surface area contributed by atoms with Crippen LogP contribution in [0.25, 0.3) is 0 Å². The highest BCUT2D eigenvalue weighted by Crippen LogP contribution is 2.16. The maximum absolute atomic E-state index is 5.43. The fraction of sp³-hybridized carbons (Fsp3) is 0.455. The molecule has 1 aromatic carbocycles. The third kappa shape index (κ3) is 4.28. The second-order valence-electron chi connectivity index (χ2n) is 3.03. The Morgan fingerprint density at radius 1 is 1.21 bits per heavy atom. The van der Waals surface area contributed by atoms with E-state index in [4.69, 9.17) is 4.74 Å². The van der Waals surface area contributed by atoms with Gasteiger partial charge < -0.3 is 7.85 Å². The Hall–Kier alpha value is -0.290. The lowest BCUT2D eigenvalue weighted by atomic mass is 10.3. The molecule has 3 heteroatoms. The predicted octanol–water partition coefficient (Wildman–Crippen LogP) is 3.27. The quantitative estimate of drug-likeness (QED) is 0.454. The first kappa shape index (κ1) is 11.8. The van der Waals surface area contributed by atoms with E-state index in [1.165, 1.54) is 5.69 Å². The van der Waals surface area contributed by atoms with Gasteiger partial charge in [-0.2, -0.15) is 0 Å². The fourth-order valence-corrected chi connectivity index (χ4v) is 1.63. The molecule has 0 amide bonds. The molecular weight excluding hydrogens is 289 g/mol. The van der Waals surface area contributed by atoms with Gasteiger partial charge >= 0.3 is 0 Å². The molecule has 0 N–H and O–H groups in total. The normalized spacial score (nSPS) is 10.1. The van der Waals surface area contributed by atoms with Gasteiger partial charge in [-0.15, -0.1) is 0 Å². The van der Waals surface area contributed by atoms with Crippen LogP contribution in [0.15, 0.2) is 30.3 Å². The smallest absolute Gasteiger partial charge is 0.0650 e. The minimum atomic E-state index is 0.797. The molecule has 0 heterocycles. The molecule has 0 unspecified atom stereocenters. The Morgan fingerprint density at radius 2 is 1.93 bits per heavy atom. The van der Waals surface area contributed by atoms with Crippen molar-refractivity contribution in [2.24, 2.45) is 0 Å². The van der Waals surface area contributed by atoms with E-state index in [0.29, 0.717) is 0 Å². The standard InChI is InChI=1S/C11H16INO/c1-2-9-14-10-8-13(12)11-6-4-3-5-7-11/h3-7H,2,8-10H2,1H3. The summed E-state index contributed by atoms with van der Waals surface area (Å²) >= 11 is 2.31. The van der Waals surface area contributed by atoms with Crippen molar-refractivity contribution < 1.29 is 4.74 Å². The van der Waals surface area contributed by atoms with Crippen molar-refractivity contribution in [1.82, 2.24) is 0 Å². The van der Waals surface area contributed by atoms with Crippen molar-refractivity contribution >= 4 is 28.6 Å². The van der Waals surface area contributed by atoms with Gasteiger partial charge in [-0.05, 0) is 18.6 Å². The number of anilines is 1. The van der Waals surface area contributed by atoms with Crippen LogP contribution in [-0.2, 0) is 4.74 Å². The van der Waals surface area contributed by atoms with Crippen molar-refractivity contribution in [1.29, 1.82) is 0 Å². The molecule has 0 saturated heterocycles. The molecule has 0 atom stereocenters. The summed E-state index contributed by atoms with van der Waals surface area (Å²) in [5.41, 5.74) is 1.23. The van der Waals surface area contributed by atoms with E-state index in [2.05, 4.69) is 45.0 Å². The summed E-state index contributed by atoms with van der Waals surface area (Å²) in [6.45, 7) is 4.72. The first-order valence-corrected chi connectivity index (χ1v) is 5.87. The van der Waals surface area contributed by atoms with Crippen LogP contribution in [0.3, 0.4) is 0 Å². The Bertz CT molecular complexity index is 240. The number of rotatable bonds is 6. The molecule has 0 radical (unpaired) electrons. The molecule has 0 aromatic heterocycles. The first-order chi connectivity index (χ1) is 6.84. The molecule has 0 aliphatic carbocycles. The molecule has 78 valence electrons. The number of benzene rings is 1. The fourth-order valence-electron chi connectivity index (χ4n) is 1.11. The van der Waals surface area contributed by atoms with Gasteiger partial charge in [0.2, 0.25) is 0 Å². The zero-order chi connectivity index (χ0) is 10.2. The van der Waals surface area contributed by atoms with Gasteiger partial charge in [0.25, 0.3) is 0 Å². The van der Waals surface area contributed by atoms with Crippen LogP contribution in [0.1, 0.15) is 13.3 Å². The molecule has 0 spiro atoms. The largest absolute Gasteiger partial charge is 0.380 e. The molecular formula is C11H16INO. The lowest BCUT2D eigenvalue weighted by Crippen LogP contribution is -2.16. The van der Waals surface area contributed by atoms with E-state index < -0.39 is 0 Å². The predicted molar refractivity (Wildman–Crippen MR) is 68.9 cm³/mol. The summed E-state index contributed by atoms with van der Waals surface area (Å²) in [4.78, 5) is 0. The topological polar surface area (TPSA) is 12.5 Å². The molecule has 14 heavy (non-hydrogen) atoms. The van der Waals surface area contributed by atoms with Crippen LogP contribution in [0.5, 0.6) is 0 Å². The van der Waals surface area contributed by atoms with E-state index in [1.807, 2.05) is 18.2 Å². The lowest BCUT2D eigenvalue weighted by Gasteiger charge is -2.16. The maximum Gasteiger partial charge on any atom is 0.0650 e. The molecule has 1 rings (SSSR count). The van der Waals surface area contributed by atoms with Crippen LogP contribution in [-0.4, -0.2) is 19.8 Å². The molecule has 2 nitrogen and oxygen atoms in total. The van der Waals surface area contributed by atoms with Crippen molar-refractivity contribution in [3.05, 3.63) is 30.3 Å². The van der Waals surface area contributed by atoms with Crippen molar-refractivity contribution in [2.45, 2.75) is 13.3 Å². The van der Waals surface area contributed by atoms with E-state index >= 15 is 0 Å². The van der Waals surface area contributed by atoms with Gasteiger partial charge in [0.05, 0.1) is 36.0 Å². The summed E-state index contributed by atoms with van der Waals surface area (Å²) in [5.74, 6) is 0. The molecule has 0 saturated carbocycles. The second kappa shape index (κ2) is 7.06. The van der Waals surface area contributed by atoms with Gasteiger partial charge in [-0.25, -0.2) is 0 Å². The molecule has 0 bridgehead atoms. The molecule has 0 aliphatic heterocycles. The van der Waals surface area contributed by atoms with E-state index in [1.54, 1.807) is 0 Å². The molecule has 0 fully saturated rings. The number of hydrogen-bond donors (Lipinski definition) is 0. The van der Waals surface area contributed by atoms with Crippen LogP contribution in [0, 0.1) is 0 Å². The summed E-state index contributed by atoms with van der Waals surface area (Å²) in [6, 6.07) is 10.3. The first-order valence-electron chi connectivity index (χ1n) is 4.90. The Kier molecular flexibility index (Phi) is 5.94. The number of para-hydroxylation sites is 1. The van der Waals surface area contributed by atoms with Crippen LogP contribution < -0.4 is 3.11 Å². The number of nitrogens with zero attached hydrogens (tertiary/aromatic N) is 1. The SMILES string of the molecule is CCCOCCN(I)c1ccccc1. The zero-order valence-electron chi connectivity index (χ0n) is 8.45. The minimum absolute atomic E-state index is 0.797. The van der Waals surface area contributed by atoms with Gasteiger partial charge in [-0.3, -0.25) is 0 Å². The Balaban J connectivity index is 2.25. The van der Waals surface area contributed by atoms with Crippen LogP contribution in [0.2, 0.25) is 0 Å². The zero-order valence-corrected chi connectivity index (χ0v) is 10.6. The average Bonchev–Trinajstić information content (AvgIpc) is 2.25. The van der Waals surface area contributed by atoms with Gasteiger partial charge in [0, 0.05) is 12.3 Å². The van der Waals surface area contributed by atoms with Crippen LogP contribution in [0.4, 0.5) is 5.69 Å². The highest BCUT2D eigenvalue weighted by molar-refractivity contribution is 14.1. The second-order valence-corrected chi connectivity index (χ2v) is 4.20. The summed E-state index contributed by atoms with van der Waals surface area (Å²) in [7, 11) is 0. The van der Waals surface area contributed by atoms with Crippen molar-refractivity contribution in [3.8, 4) is 0 Å². The Morgan fingerprint density at radius 3 is 2.57 bits per heavy atom. The summed E-state index contributed by atoms with van der Waals surface area (Å²) in [5, 5.41) is 0. The molecule has 0 aliphatic rings. The van der Waals surface area contributed by atoms with Crippen molar-refractivity contribution in [3.63, 3.8) is 0 Å². The van der Waals surface area contributed by atoms with Gasteiger partial charge in [0.1, 0.15) is 0 Å². The highest BCUT2D eigenvalue weighted by Gasteiger charge is 2.00. The van der Waals surface area contributed by atoms with Crippen molar-refractivity contribution in [2.75, 3.05) is 22.9 Å². The molecule has 1 aromatic rings. The van der Waals surface area contributed by atoms with E-state index in [9.17, 15) is 0 Å². The summed E-state index contributed by atoms with van der Waals surface area (Å²) < 4.78 is 7.60. The minimum Gasteiger partial charge on any atom is -0.380 e. The van der Waals surface area contributed by atoms with E-state index in [0.717, 1.165) is 26.2 Å². The summed E-state index contributed by atoms with van der Waals surface area (Å²) in [6.07, 6.45) is 1.09. The number of halogens is 1. The third-order valence-electron chi connectivity index (χ3n) is 1.82. The third-order valence-corrected chi connectivity index (χ3v) is 2.86. The van der Waals surface area contributed by atoms with E-state index in [-0.39, 0.29) is 0 Å². The monoisotopic (exact) mass is 305 g/mol. The number of hydrogen-bond acceptors (Lipinski definition) is 2. The lowest BCUT2D eigenvalue weighted by molar-refractivity contribution is 0.143. The van der Waals surface area contributed by atoms with Crippen LogP contribution >= 0.6 is 22.9 Å². The highest BCUT2D eigenvalue weighted by atomic mass is 127. The maximum atomic E-state index is 5.43. The van der Waals surface area contributed by atoms with Gasteiger partial charge in [-0.1, -0.05) is 25.1 Å². The average molecular weight is 305 g/mol. The number of ether oxygens (including phenoxy) is 1. The van der Waals surface area contributed by atoms with Gasteiger partial charge in [0.15, 0.2) is 0 Å².